The van der Waals surface area contributed by atoms with Gasteiger partial charge in [-0.15, -0.1) is 24.0 Å². The van der Waals surface area contributed by atoms with Crippen molar-refractivity contribution in [3.8, 4) is 0 Å². The van der Waals surface area contributed by atoms with Gasteiger partial charge in [-0.05, 0) is 43.5 Å². The van der Waals surface area contributed by atoms with Crippen molar-refractivity contribution >= 4 is 29.9 Å². The maximum atomic E-state index is 5.48. The summed E-state index contributed by atoms with van der Waals surface area (Å²) < 4.78 is 5.48. The first-order chi connectivity index (χ1) is 13.2. The molecule has 0 spiro atoms. The highest BCUT2D eigenvalue weighted by Crippen LogP contribution is 2.15. The number of hydrogen-bond acceptors (Lipinski definition) is 3. The van der Waals surface area contributed by atoms with Gasteiger partial charge in [-0.3, -0.25) is 9.89 Å². The summed E-state index contributed by atoms with van der Waals surface area (Å²) in [4.78, 5) is 9.25. The van der Waals surface area contributed by atoms with Crippen molar-refractivity contribution in [3.63, 3.8) is 0 Å². The molecule has 0 saturated carbocycles. The summed E-state index contributed by atoms with van der Waals surface area (Å²) in [6.07, 6.45) is 6.64. The highest BCUT2D eigenvalue weighted by Gasteiger charge is 2.19. The minimum absolute atomic E-state index is 0. The van der Waals surface area contributed by atoms with E-state index in [1.807, 2.05) is 7.05 Å². The molecule has 0 radical (unpaired) electrons. The fourth-order valence-electron chi connectivity index (χ4n) is 4.08. The van der Waals surface area contributed by atoms with Crippen molar-refractivity contribution in [3.05, 3.63) is 35.4 Å². The predicted octanol–water partition coefficient (Wildman–Crippen LogP) is 3.72. The van der Waals surface area contributed by atoms with Gasteiger partial charge < -0.3 is 15.0 Å². The van der Waals surface area contributed by atoms with E-state index in [1.165, 1.54) is 49.9 Å². The number of halogens is 1. The molecule has 1 N–H and O–H groups in total. The normalized spacial score (nSPS) is 21.1. The number of hydrogen-bond donors (Lipinski definition) is 1. The summed E-state index contributed by atoms with van der Waals surface area (Å²) in [5.41, 5.74) is 2.72. The zero-order valence-corrected chi connectivity index (χ0v) is 19.9. The average molecular weight is 500 g/mol. The van der Waals surface area contributed by atoms with Gasteiger partial charge in [-0.2, -0.15) is 0 Å². The van der Waals surface area contributed by atoms with E-state index in [9.17, 15) is 0 Å². The largest absolute Gasteiger partial charge is 0.381 e. The molecule has 1 unspecified atom stereocenters. The Labute approximate surface area is 187 Å². The molecular formula is C22H37IN4O. The Bertz CT molecular complexity index is 579. The Morgan fingerprint density at radius 1 is 1.14 bits per heavy atom. The van der Waals surface area contributed by atoms with E-state index in [0.29, 0.717) is 5.92 Å². The Balaban J connectivity index is 0.00000280. The highest BCUT2D eigenvalue weighted by atomic mass is 127. The van der Waals surface area contributed by atoms with Crippen LogP contribution in [0, 0.1) is 5.92 Å². The SMILES string of the molecule is CN=C(NCc1ccc(CN2CCCCCC2)cc1)N(C)CC1CCOC1.I. The van der Waals surface area contributed by atoms with E-state index in [0.717, 1.165) is 45.2 Å². The molecule has 0 amide bonds. The standard InChI is InChI=1S/C22H36N4O.HI/c1-23-22(25(2)16-21-11-14-27-18-21)24-15-19-7-9-20(10-8-19)17-26-12-5-3-4-6-13-26;/h7-10,21H,3-6,11-18H2,1-2H3,(H,23,24);1H. The molecule has 5 nitrogen and oxygen atoms in total. The van der Waals surface area contributed by atoms with Crippen LogP contribution in [0.3, 0.4) is 0 Å². The summed E-state index contributed by atoms with van der Waals surface area (Å²) in [6, 6.07) is 9.06. The van der Waals surface area contributed by atoms with E-state index in [-0.39, 0.29) is 24.0 Å². The molecule has 2 heterocycles. The molecule has 158 valence electrons. The summed E-state index contributed by atoms with van der Waals surface area (Å²) >= 11 is 0. The Morgan fingerprint density at radius 2 is 1.82 bits per heavy atom. The lowest BCUT2D eigenvalue weighted by Gasteiger charge is -2.24. The van der Waals surface area contributed by atoms with Gasteiger partial charge >= 0.3 is 0 Å². The van der Waals surface area contributed by atoms with Gasteiger partial charge in [0.15, 0.2) is 5.96 Å². The van der Waals surface area contributed by atoms with Crippen molar-refractivity contribution in [1.29, 1.82) is 0 Å². The van der Waals surface area contributed by atoms with Gasteiger partial charge in [0.05, 0.1) is 6.61 Å². The van der Waals surface area contributed by atoms with Gasteiger partial charge in [-0.25, -0.2) is 0 Å². The molecule has 1 aromatic rings. The first kappa shape index (κ1) is 23.4. The van der Waals surface area contributed by atoms with Crippen LogP contribution in [-0.2, 0) is 17.8 Å². The number of rotatable bonds is 6. The first-order valence-corrected chi connectivity index (χ1v) is 10.5. The number of nitrogens with zero attached hydrogens (tertiary/aromatic N) is 3. The highest BCUT2D eigenvalue weighted by molar-refractivity contribution is 14.0. The van der Waals surface area contributed by atoms with Crippen molar-refractivity contribution < 1.29 is 4.74 Å². The monoisotopic (exact) mass is 500 g/mol. The zero-order valence-electron chi connectivity index (χ0n) is 17.5. The van der Waals surface area contributed by atoms with Crippen LogP contribution in [0.1, 0.15) is 43.2 Å². The van der Waals surface area contributed by atoms with E-state index < -0.39 is 0 Å². The third-order valence-electron chi connectivity index (χ3n) is 5.71. The smallest absolute Gasteiger partial charge is 0.193 e. The van der Waals surface area contributed by atoms with E-state index in [4.69, 9.17) is 4.74 Å². The van der Waals surface area contributed by atoms with Gasteiger partial charge in [0.2, 0.25) is 0 Å². The quantitative estimate of drug-likeness (QED) is 0.367. The molecule has 0 bridgehead atoms. The van der Waals surface area contributed by atoms with Crippen LogP contribution in [0.5, 0.6) is 0 Å². The lowest BCUT2D eigenvalue weighted by Crippen LogP contribution is -2.41. The van der Waals surface area contributed by atoms with E-state index in [1.54, 1.807) is 0 Å². The van der Waals surface area contributed by atoms with Crippen molar-refractivity contribution in [2.75, 3.05) is 46.9 Å². The van der Waals surface area contributed by atoms with Gasteiger partial charge in [0, 0.05) is 46.3 Å². The number of aliphatic imine (C=N–C) groups is 1. The van der Waals surface area contributed by atoms with Gasteiger partial charge in [0.25, 0.3) is 0 Å². The minimum Gasteiger partial charge on any atom is -0.381 e. The lowest BCUT2D eigenvalue weighted by atomic mass is 10.1. The van der Waals surface area contributed by atoms with Crippen LogP contribution < -0.4 is 5.32 Å². The van der Waals surface area contributed by atoms with Crippen LogP contribution in [0.4, 0.5) is 0 Å². The molecule has 0 aromatic heterocycles. The maximum absolute atomic E-state index is 5.48. The summed E-state index contributed by atoms with van der Waals surface area (Å²) in [5, 5.41) is 3.49. The molecule has 3 rings (SSSR count). The molecular weight excluding hydrogens is 463 g/mol. The number of ether oxygens (including phenoxy) is 1. The van der Waals surface area contributed by atoms with Gasteiger partial charge in [0.1, 0.15) is 0 Å². The number of likely N-dealkylation sites (tertiary alicyclic amines) is 1. The third kappa shape index (κ3) is 7.52. The first-order valence-electron chi connectivity index (χ1n) is 10.5. The molecule has 2 aliphatic heterocycles. The lowest BCUT2D eigenvalue weighted by molar-refractivity contribution is 0.181. The predicted molar refractivity (Wildman–Crippen MR) is 127 cm³/mol. The second-order valence-corrected chi connectivity index (χ2v) is 8.02. The molecule has 6 heteroatoms. The van der Waals surface area contributed by atoms with Crippen molar-refractivity contribution in [2.24, 2.45) is 10.9 Å². The van der Waals surface area contributed by atoms with E-state index >= 15 is 0 Å². The number of nitrogens with one attached hydrogen (secondary N) is 1. The summed E-state index contributed by atoms with van der Waals surface area (Å²) in [7, 11) is 3.96. The summed E-state index contributed by atoms with van der Waals surface area (Å²) in [5.74, 6) is 1.57. The Morgan fingerprint density at radius 3 is 2.43 bits per heavy atom. The van der Waals surface area contributed by atoms with Gasteiger partial charge in [-0.1, -0.05) is 37.1 Å². The maximum Gasteiger partial charge on any atom is 0.193 e. The fourth-order valence-corrected chi connectivity index (χ4v) is 4.08. The van der Waals surface area contributed by atoms with E-state index in [2.05, 4.69) is 51.4 Å². The molecule has 2 saturated heterocycles. The minimum atomic E-state index is 0. The molecule has 2 aliphatic rings. The number of benzene rings is 1. The number of guanidine groups is 1. The Hall–Kier alpha value is -0.860. The molecule has 2 fully saturated rings. The third-order valence-corrected chi connectivity index (χ3v) is 5.71. The van der Waals surface area contributed by atoms with Crippen LogP contribution in [0.25, 0.3) is 0 Å². The van der Waals surface area contributed by atoms with Crippen molar-refractivity contribution in [2.45, 2.75) is 45.2 Å². The second kappa shape index (κ2) is 12.6. The van der Waals surface area contributed by atoms with Crippen molar-refractivity contribution in [1.82, 2.24) is 15.1 Å². The fraction of sp³-hybridized carbons (Fsp3) is 0.682. The molecule has 1 aromatic carbocycles. The Kier molecular flexibility index (Phi) is 10.6. The molecule has 1 atom stereocenters. The molecule has 28 heavy (non-hydrogen) atoms. The topological polar surface area (TPSA) is 40.1 Å². The average Bonchev–Trinajstić information content (AvgIpc) is 3.05. The zero-order chi connectivity index (χ0) is 18.9. The second-order valence-electron chi connectivity index (χ2n) is 8.02. The van der Waals surface area contributed by atoms with Crippen LogP contribution >= 0.6 is 24.0 Å². The van der Waals surface area contributed by atoms with Crippen LogP contribution in [0.15, 0.2) is 29.3 Å². The van der Waals surface area contributed by atoms with Crippen LogP contribution in [-0.4, -0.2) is 62.7 Å². The van der Waals surface area contributed by atoms with Crippen LogP contribution in [0.2, 0.25) is 0 Å². The molecule has 0 aliphatic carbocycles. The summed E-state index contributed by atoms with van der Waals surface area (Å²) in [6.45, 7) is 7.16.